The van der Waals surface area contributed by atoms with Crippen LogP contribution >= 0.6 is 7.82 Å². The molecule has 0 unspecified atom stereocenters. The van der Waals surface area contributed by atoms with Crippen molar-refractivity contribution in [1.82, 2.24) is 4.90 Å². The number of phosphoric ester groups is 1. The third-order valence-corrected chi connectivity index (χ3v) is 2.05. The van der Waals surface area contributed by atoms with Crippen LogP contribution < -0.4 is 0 Å². The molecule has 0 aromatic rings. The molecule has 3 N–H and O–H groups in total. The van der Waals surface area contributed by atoms with Gasteiger partial charge in [0.1, 0.15) is 0 Å². The van der Waals surface area contributed by atoms with E-state index in [1.54, 1.807) is 0 Å². The predicted molar refractivity (Wildman–Crippen MR) is 60.6 cm³/mol. The Labute approximate surface area is 105 Å². The number of rotatable bonds is 8. The number of aliphatic carboxylic acids is 1. The van der Waals surface area contributed by atoms with Gasteiger partial charge in [-0.15, -0.1) is 0 Å². The molecule has 0 aromatic heterocycles. The molecular formula is C8H18NO8P. The van der Waals surface area contributed by atoms with E-state index in [-0.39, 0.29) is 12.9 Å². The van der Waals surface area contributed by atoms with E-state index in [0.29, 0.717) is 6.54 Å². The van der Waals surface area contributed by atoms with Gasteiger partial charge >= 0.3 is 13.8 Å². The molecule has 0 atom stereocenters. The van der Waals surface area contributed by atoms with Crippen LogP contribution in [0.3, 0.4) is 0 Å². The van der Waals surface area contributed by atoms with Crippen LogP contribution in [0, 0.1) is 0 Å². The molecule has 0 rings (SSSR count). The molecule has 0 amide bonds. The zero-order valence-electron chi connectivity index (χ0n) is 10.2. The fraction of sp³-hybridized carbons (Fsp3) is 0.750. The Morgan fingerprint density at radius 1 is 1.44 bits per heavy atom. The van der Waals surface area contributed by atoms with Crippen LogP contribution in [-0.2, 0) is 23.4 Å². The molecule has 0 fully saturated rings. The minimum atomic E-state index is -4.48. The largest absolute Gasteiger partial charge is 0.481 e. The number of carbonyl (C=O) groups is 2. The van der Waals surface area contributed by atoms with E-state index < -0.39 is 20.6 Å². The van der Waals surface area contributed by atoms with E-state index >= 15 is 0 Å². The van der Waals surface area contributed by atoms with E-state index in [9.17, 15) is 14.2 Å². The lowest BCUT2D eigenvalue weighted by Crippen LogP contribution is -2.20. The smallest absolute Gasteiger partial charge is 0.472 e. The van der Waals surface area contributed by atoms with Gasteiger partial charge in [0, 0.05) is 6.54 Å². The van der Waals surface area contributed by atoms with E-state index in [0.717, 1.165) is 6.54 Å². The van der Waals surface area contributed by atoms with Gasteiger partial charge in [-0.2, -0.15) is 0 Å². The standard InChI is InChI=1S/C6H13NO2.C2H5O6P/c1-3-7(2)5-4-6(8)9;3-1-7-2-8-9(4,5)6/h3-5H2,1-2H3,(H,8,9);1H,2H2,(H2,4,5,6). The Balaban J connectivity index is 0. The molecule has 18 heavy (non-hydrogen) atoms. The first-order valence-corrected chi connectivity index (χ1v) is 6.41. The number of carbonyl (C=O) groups excluding carboxylic acids is 1. The van der Waals surface area contributed by atoms with Crippen molar-refractivity contribution in [3.63, 3.8) is 0 Å². The van der Waals surface area contributed by atoms with Gasteiger partial charge in [0.25, 0.3) is 6.47 Å². The molecule has 0 spiro atoms. The van der Waals surface area contributed by atoms with Crippen LogP contribution in [0.2, 0.25) is 0 Å². The zero-order chi connectivity index (χ0) is 14.6. The maximum Gasteiger partial charge on any atom is 0.472 e. The molecular weight excluding hydrogens is 269 g/mol. The summed E-state index contributed by atoms with van der Waals surface area (Å²) in [5.74, 6) is -0.727. The highest BCUT2D eigenvalue weighted by atomic mass is 31.2. The highest BCUT2D eigenvalue weighted by molar-refractivity contribution is 7.46. The average molecular weight is 287 g/mol. The molecule has 0 heterocycles. The van der Waals surface area contributed by atoms with E-state index in [2.05, 4.69) is 9.26 Å². The summed E-state index contributed by atoms with van der Waals surface area (Å²) in [7, 11) is -2.57. The van der Waals surface area contributed by atoms with Crippen molar-refractivity contribution in [2.24, 2.45) is 0 Å². The average Bonchev–Trinajstić information content (AvgIpc) is 2.25. The van der Waals surface area contributed by atoms with Gasteiger partial charge in [-0.05, 0) is 13.6 Å². The maximum atomic E-state index is 9.99. The van der Waals surface area contributed by atoms with Gasteiger partial charge in [-0.1, -0.05) is 6.92 Å². The van der Waals surface area contributed by atoms with Gasteiger partial charge in [-0.25, -0.2) is 9.09 Å². The molecule has 10 heteroatoms. The van der Waals surface area contributed by atoms with Crippen molar-refractivity contribution in [3.05, 3.63) is 0 Å². The Morgan fingerprint density at radius 3 is 2.33 bits per heavy atom. The summed E-state index contributed by atoms with van der Waals surface area (Å²) in [6, 6.07) is 0. The molecule has 0 aliphatic heterocycles. The van der Waals surface area contributed by atoms with Crippen LogP contribution in [-0.4, -0.2) is 59.2 Å². The lowest BCUT2D eigenvalue weighted by Gasteiger charge is -2.10. The summed E-state index contributed by atoms with van der Waals surface area (Å²) in [5, 5.41) is 8.23. The van der Waals surface area contributed by atoms with Crippen molar-refractivity contribution in [1.29, 1.82) is 0 Å². The first-order valence-electron chi connectivity index (χ1n) is 4.88. The van der Waals surface area contributed by atoms with Crippen molar-refractivity contribution in [2.45, 2.75) is 13.3 Å². The quantitative estimate of drug-likeness (QED) is 0.237. The zero-order valence-corrected chi connectivity index (χ0v) is 11.1. The lowest BCUT2D eigenvalue weighted by molar-refractivity contribution is -0.137. The fourth-order valence-corrected chi connectivity index (χ4v) is 0.770. The van der Waals surface area contributed by atoms with Crippen molar-refractivity contribution in [3.8, 4) is 0 Å². The monoisotopic (exact) mass is 287 g/mol. The van der Waals surface area contributed by atoms with E-state index in [1.165, 1.54) is 0 Å². The third-order valence-electron chi connectivity index (χ3n) is 1.60. The predicted octanol–water partition coefficient (Wildman–Crippen LogP) is -0.361. The maximum absolute atomic E-state index is 9.99. The molecule has 0 aliphatic rings. The summed E-state index contributed by atoms with van der Waals surface area (Å²) in [5.41, 5.74) is 0. The minimum Gasteiger partial charge on any atom is -0.481 e. The Kier molecular flexibility index (Phi) is 12.0. The number of hydrogen-bond acceptors (Lipinski definition) is 6. The Hall–Kier alpha value is -0.990. The minimum absolute atomic E-state index is 0.0235. The van der Waals surface area contributed by atoms with Gasteiger partial charge in [0.2, 0.25) is 6.79 Å². The van der Waals surface area contributed by atoms with Crippen LogP contribution in [0.15, 0.2) is 0 Å². The topological polar surface area (TPSA) is 134 Å². The summed E-state index contributed by atoms with van der Waals surface area (Å²) in [4.78, 5) is 37.2. The van der Waals surface area contributed by atoms with Gasteiger partial charge < -0.3 is 24.5 Å². The van der Waals surface area contributed by atoms with Crippen LogP contribution in [0.5, 0.6) is 0 Å². The van der Waals surface area contributed by atoms with Crippen LogP contribution in [0.25, 0.3) is 0 Å². The second-order valence-corrected chi connectivity index (χ2v) is 4.28. The van der Waals surface area contributed by atoms with Crippen molar-refractivity contribution >= 4 is 20.3 Å². The second kappa shape index (κ2) is 11.1. The summed E-state index contributed by atoms with van der Waals surface area (Å²) >= 11 is 0. The summed E-state index contributed by atoms with van der Waals surface area (Å²) < 4.78 is 17.3. The Morgan fingerprint density at radius 2 is 2.00 bits per heavy atom. The number of hydrogen-bond donors (Lipinski definition) is 3. The number of ether oxygens (including phenoxy) is 1. The Bertz CT molecular complexity index is 278. The number of phosphoric acid groups is 1. The summed E-state index contributed by atoms with van der Waals surface area (Å²) in [6.07, 6.45) is 0.240. The molecule has 0 radical (unpaired) electrons. The van der Waals surface area contributed by atoms with E-state index in [4.69, 9.17) is 14.9 Å². The first kappa shape index (κ1) is 19.4. The van der Waals surface area contributed by atoms with Gasteiger partial charge in [0.05, 0.1) is 6.42 Å². The third kappa shape index (κ3) is 20.4. The molecule has 9 nitrogen and oxygen atoms in total. The molecule has 0 saturated heterocycles. The SMILES string of the molecule is CCN(C)CCC(=O)O.O=COCOP(=O)(O)O. The number of carboxylic acid groups (broad SMARTS) is 1. The molecule has 0 saturated carbocycles. The normalized spacial score (nSPS) is 10.5. The second-order valence-electron chi connectivity index (χ2n) is 3.04. The van der Waals surface area contributed by atoms with E-state index in [1.807, 2.05) is 18.9 Å². The molecule has 108 valence electrons. The first-order chi connectivity index (χ1) is 8.22. The van der Waals surface area contributed by atoms with Gasteiger partial charge in [-0.3, -0.25) is 9.59 Å². The fourth-order valence-electron chi connectivity index (χ4n) is 0.571. The molecule has 0 aromatic carbocycles. The van der Waals surface area contributed by atoms with Crippen LogP contribution in [0.4, 0.5) is 0 Å². The molecule has 0 aliphatic carbocycles. The highest BCUT2D eigenvalue weighted by Crippen LogP contribution is 2.35. The summed E-state index contributed by atoms with van der Waals surface area (Å²) in [6.45, 7) is 2.85. The number of carboxylic acids is 1. The lowest BCUT2D eigenvalue weighted by atomic mass is 10.4. The molecule has 0 bridgehead atoms. The van der Waals surface area contributed by atoms with Crippen molar-refractivity contribution < 1.29 is 38.3 Å². The van der Waals surface area contributed by atoms with Crippen molar-refractivity contribution in [2.75, 3.05) is 26.9 Å². The van der Waals surface area contributed by atoms with Crippen LogP contribution in [0.1, 0.15) is 13.3 Å². The number of nitrogens with zero attached hydrogens (tertiary/aromatic N) is 1. The van der Waals surface area contributed by atoms with Gasteiger partial charge in [0.15, 0.2) is 0 Å². The highest BCUT2D eigenvalue weighted by Gasteiger charge is 2.12.